The summed E-state index contributed by atoms with van der Waals surface area (Å²) in [6.45, 7) is 1.82. The van der Waals surface area contributed by atoms with Crippen LogP contribution in [0.3, 0.4) is 0 Å². The molecular weight excluding hydrogens is 228 g/mol. The highest BCUT2D eigenvalue weighted by Crippen LogP contribution is 2.17. The van der Waals surface area contributed by atoms with Gasteiger partial charge in [0.2, 0.25) is 0 Å². The molecule has 0 spiro atoms. The number of hydrogen-bond donors (Lipinski definition) is 2. The van der Waals surface area contributed by atoms with Gasteiger partial charge in [0.15, 0.2) is 5.65 Å². The Balaban J connectivity index is 0.000000963. The molecule has 0 aromatic carbocycles. The van der Waals surface area contributed by atoms with Crippen LogP contribution >= 0.6 is 12.4 Å². The van der Waals surface area contributed by atoms with E-state index in [1.54, 1.807) is 10.8 Å². The highest BCUT2D eigenvalue weighted by atomic mass is 35.5. The van der Waals surface area contributed by atoms with Crippen molar-refractivity contribution in [3.05, 3.63) is 28.8 Å². The van der Waals surface area contributed by atoms with Crippen molar-refractivity contribution < 1.29 is 0 Å². The number of aromatic nitrogens is 3. The van der Waals surface area contributed by atoms with Crippen molar-refractivity contribution in [2.24, 2.45) is 0 Å². The molecular formula is C10H13ClN4O. The first-order chi connectivity index (χ1) is 7.36. The summed E-state index contributed by atoms with van der Waals surface area (Å²) in [7, 11) is 0. The summed E-state index contributed by atoms with van der Waals surface area (Å²) < 4.78 is 1.76. The number of halogens is 1. The van der Waals surface area contributed by atoms with Crippen LogP contribution in [0.2, 0.25) is 0 Å². The Kier molecular flexibility index (Phi) is 2.98. The van der Waals surface area contributed by atoms with Crippen molar-refractivity contribution in [2.75, 3.05) is 13.1 Å². The van der Waals surface area contributed by atoms with Gasteiger partial charge in [-0.05, 0) is 25.1 Å². The number of fused-ring (bicyclic) bond motifs is 1. The molecule has 1 fully saturated rings. The van der Waals surface area contributed by atoms with E-state index in [9.17, 15) is 4.79 Å². The van der Waals surface area contributed by atoms with Crippen molar-refractivity contribution >= 4 is 23.6 Å². The summed E-state index contributed by atoms with van der Waals surface area (Å²) in [4.78, 5) is 18.8. The highest BCUT2D eigenvalue weighted by Gasteiger charge is 2.20. The Morgan fingerprint density at radius 2 is 2.38 bits per heavy atom. The molecule has 2 N–H and O–H groups in total. The summed E-state index contributed by atoms with van der Waals surface area (Å²) in [5.41, 5.74) is 1.52. The fourth-order valence-electron chi connectivity index (χ4n) is 2.16. The van der Waals surface area contributed by atoms with E-state index < -0.39 is 0 Å². The minimum atomic E-state index is -0.0580. The van der Waals surface area contributed by atoms with E-state index in [2.05, 4.69) is 15.3 Å². The number of nitrogens with zero attached hydrogens (tertiary/aromatic N) is 2. The largest absolute Gasteiger partial charge is 0.327 e. The van der Waals surface area contributed by atoms with Crippen molar-refractivity contribution in [2.45, 2.75) is 12.5 Å². The van der Waals surface area contributed by atoms with E-state index in [-0.39, 0.29) is 24.1 Å². The molecule has 2 aromatic heterocycles. The van der Waals surface area contributed by atoms with E-state index in [1.165, 1.54) is 0 Å². The zero-order valence-corrected chi connectivity index (χ0v) is 9.46. The maximum Gasteiger partial charge on any atom is 0.327 e. The van der Waals surface area contributed by atoms with Gasteiger partial charge in [-0.15, -0.1) is 12.4 Å². The number of hydrogen-bond acceptors (Lipinski definition) is 3. The van der Waals surface area contributed by atoms with Crippen LogP contribution in [0, 0.1) is 0 Å². The van der Waals surface area contributed by atoms with Gasteiger partial charge in [0.1, 0.15) is 0 Å². The molecule has 1 aliphatic heterocycles. The lowest BCUT2D eigenvalue weighted by Gasteiger charge is -2.08. The normalized spacial score (nSPS) is 19.9. The third-order valence-corrected chi connectivity index (χ3v) is 2.87. The molecule has 3 rings (SSSR count). The lowest BCUT2D eigenvalue weighted by Crippen LogP contribution is -2.24. The van der Waals surface area contributed by atoms with Crippen molar-refractivity contribution in [3.8, 4) is 0 Å². The van der Waals surface area contributed by atoms with Crippen LogP contribution in [-0.2, 0) is 0 Å². The summed E-state index contributed by atoms with van der Waals surface area (Å²) >= 11 is 0. The van der Waals surface area contributed by atoms with Crippen LogP contribution in [0.4, 0.5) is 0 Å². The Morgan fingerprint density at radius 3 is 3.12 bits per heavy atom. The molecule has 1 aliphatic rings. The van der Waals surface area contributed by atoms with Gasteiger partial charge in [0.25, 0.3) is 0 Å². The van der Waals surface area contributed by atoms with E-state index in [4.69, 9.17) is 0 Å². The summed E-state index contributed by atoms with van der Waals surface area (Å²) in [5.74, 6) is 0. The van der Waals surface area contributed by atoms with Gasteiger partial charge >= 0.3 is 5.69 Å². The summed E-state index contributed by atoms with van der Waals surface area (Å²) in [6, 6.07) is 3.94. The molecule has 16 heavy (non-hydrogen) atoms. The Morgan fingerprint density at radius 1 is 1.50 bits per heavy atom. The monoisotopic (exact) mass is 240 g/mol. The van der Waals surface area contributed by atoms with Crippen molar-refractivity contribution in [3.63, 3.8) is 0 Å². The molecule has 0 amide bonds. The smallest absolute Gasteiger partial charge is 0.315 e. The Hall–Kier alpha value is -1.33. The molecule has 5 nitrogen and oxygen atoms in total. The van der Waals surface area contributed by atoms with Gasteiger partial charge in [-0.1, -0.05) is 0 Å². The minimum Gasteiger partial charge on any atom is -0.315 e. The molecule has 86 valence electrons. The first-order valence-corrected chi connectivity index (χ1v) is 5.12. The predicted octanol–water partition coefficient (Wildman–Crippen LogP) is 0.681. The maximum absolute atomic E-state index is 11.8. The number of H-pyrrole nitrogens is 1. The maximum atomic E-state index is 11.8. The molecule has 2 aromatic rings. The van der Waals surface area contributed by atoms with Crippen LogP contribution in [0.5, 0.6) is 0 Å². The number of aromatic amines is 1. The second-order valence-electron chi connectivity index (χ2n) is 3.82. The molecule has 1 atom stereocenters. The second kappa shape index (κ2) is 4.27. The van der Waals surface area contributed by atoms with Gasteiger partial charge in [-0.2, -0.15) is 0 Å². The van der Waals surface area contributed by atoms with E-state index in [0.717, 1.165) is 30.7 Å². The quantitative estimate of drug-likeness (QED) is 0.771. The van der Waals surface area contributed by atoms with Crippen LogP contribution < -0.4 is 11.0 Å². The number of nitrogens with one attached hydrogen (secondary N) is 2. The molecule has 3 heterocycles. The SMILES string of the molecule is Cl.O=c1[nH]c2cccnc2n1C1CCNC1. The van der Waals surface area contributed by atoms with Gasteiger partial charge < -0.3 is 10.3 Å². The van der Waals surface area contributed by atoms with Gasteiger partial charge in [0, 0.05) is 12.7 Å². The summed E-state index contributed by atoms with van der Waals surface area (Å²) in [5, 5.41) is 3.25. The minimum absolute atomic E-state index is 0. The van der Waals surface area contributed by atoms with Crippen LogP contribution in [0.25, 0.3) is 11.2 Å². The average molecular weight is 241 g/mol. The molecule has 0 radical (unpaired) electrons. The van der Waals surface area contributed by atoms with Gasteiger partial charge in [0.05, 0.1) is 11.6 Å². The number of pyridine rings is 1. The zero-order valence-electron chi connectivity index (χ0n) is 8.64. The standard InChI is InChI=1S/C10H12N4O.ClH/c15-10-13-8-2-1-4-12-9(8)14(10)7-3-5-11-6-7;/h1-2,4,7,11H,3,5-6H2,(H,13,15);1H. The van der Waals surface area contributed by atoms with Gasteiger partial charge in [-0.3, -0.25) is 4.57 Å². The first kappa shape index (κ1) is 11.2. The van der Waals surface area contributed by atoms with Crippen molar-refractivity contribution in [1.82, 2.24) is 19.9 Å². The van der Waals surface area contributed by atoms with E-state index >= 15 is 0 Å². The van der Waals surface area contributed by atoms with Crippen LogP contribution in [-0.4, -0.2) is 27.6 Å². The third-order valence-electron chi connectivity index (χ3n) is 2.87. The molecule has 0 saturated carbocycles. The van der Waals surface area contributed by atoms with Crippen LogP contribution in [0.1, 0.15) is 12.5 Å². The zero-order chi connectivity index (χ0) is 10.3. The van der Waals surface area contributed by atoms with Crippen molar-refractivity contribution in [1.29, 1.82) is 0 Å². The molecule has 1 saturated heterocycles. The highest BCUT2D eigenvalue weighted by molar-refractivity contribution is 5.85. The molecule has 0 aliphatic carbocycles. The molecule has 6 heteroatoms. The summed E-state index contributed by atoms with van der Waals surface area (Å²) in [6.07, 6.45) is 2.71. The van der Waals surface area contributed by atoms with E-state index in [1.807, 2.05) is 12.1 Å². The van der Waals surface area contributed by atoms with Crippen LogP contribution in [0.15, 0.2) is 23.1 Å². The van der Waals surface area contributed by atoms with Gasteiger partial charge in [-0.25, -0.2) is 9.78 Å². The predicted molar refractivity (Wildman–Crippen MR) is 64.1 cm³/mol. The first-order valence-electron chi connectivity index (χ1n) is 5.12. The molecule has 1 unspecified atom stereocenters. The fraction of sp³-hybridized carbons (Fsp3) is 0.400. The number of rotatable bonds is 1. The third kappa shape index (κ3) is 1.62. The average Bonchev–Trinajstić information content (AvgIpc) is 2.82. The topological polar surface area (TPSA) is 62.7 Å². The lowest BCUT2D eigenvalue weighted by molar-refractivity contribution is 0.542. The Bertz CT molecular complexity index is 541. The Labute approximate surface area is 98.3 Å². The fourth-order valence-corrected chi connectivity index (χ4v) is 2.16. The number of imidazole rings is 1. The lowest BCUT2D eigenvalue weighted by atomic mass is 10.2. The molecule has 0 bridgehead atoms. The second-order valence-corrected chi connectivity index (χ2v) is 3.82. The van der Waals surface area contributed by atoms with E-state index in [0.29, 0.717) is 0 Å².